The zero-order valence-electron chi connectivity index (χ0n) is 14.9. The quantitative estimate of drug-likeness (QED) is 0.684. The number of rotatable bonds is 4. The van der Waals surface area contributed by atoms with E-state index >= 15 is 0 Å². The number of hydrogen-bond donors (Lipinski definition) is 1. The highest BCUT2D eigenvalue weighted by atomic mass is 35.5. The number of likely N-dealkylation sites (tertiary alicyclic amines) is 1. The molecule has 1 heterocycles. The molecule has 0 radical (unpaired) electrons. The first-order valence-electron chi connectivity index (χ1n) is 8.87. The van der Waals surface area contributed by atoms with Crippen LogP contribution in [0, 0.1) is 11.7 Å². The molecule has 0 aliphatic carbocycles. The van der Waals surface area contributed by atoms with Gasteiger partial charge in [0.2, 0.25) is 5.91 Å². The lowest BCUT2D eigenvalue weighted by Crippen LogP contribution is -2.38. The van der Waals surface area contributed by atoms with Gasteiger partial charge in [0.05, 0.1) is 11.3 Å². The van der Waals surface area contributed by atoms with Gasteiger partial charge in [-0.15, -0.1) is 0 Å². The Kier molecular flexibility index (Phi) is 6.25. The number of para-hydroxylation sites is 1. The normalized spacial score (nSPS) is 16.2. The SMILES string of the molecule is O=C(Nc1ccccc1C(F)(F)F)C1CCN(Cc2ccc(Cl)cc2F)CC1. The van der Waals surface area contributed by atoms with Gasteiger partial charge in [0.15, 0.2) is 0 Å². The zero-order chi connectivity index (χ0) is 20.3. The molecule has 1 amide bonds. The molecule has 0 aromatic heterocycles. The van der Waals surface area contributed by atoms with Crippen molar-refractivity contribution in [1.82, 2.24) is 4.90 Å². The highest BCUT2D eigenvalue weighted by Gasteiger charge is 2.34. The van der Waals surface area contributed by atoms with E-state index in [2.05, 4.69) is 5.32 Å². The summed E-state index contributed by atoms with van der Waals surface area (Å²) in [5.74, 6) is -1.18. The van der Waals surface area contributed by atoms with E-state index in [0.717, 1.165) is 6.07 Å². The number of amides is 1. The number of benzene rings is 2. The smallest absolute Gasteiger partial charge is 0.325 e. The van der Waals surface area contributed by atoms with Crippen LogP contribution in [0.25, 0.3) is 0 Å². The second-order valence-corrected chi connectivity index (χ2v) is 7.26. The molecule has 0 atom stereocenters. The number of hydrogen-bond acceptors (Lipinski definition) is 2. The topological polar surface area (TPSA) is 32.3 Å². The van der Waals surface area contributed by atoms with Gasteiger partial charge in [-0.1, -0.05) is 29.8 Å². The predicted molar refractivity (Wildman–Crippen MR) is 99.5 cm³/mol. The molecule has 2 aromatic carbocycles. The van der Waals surface area contributed by atoms with E-state index in [1.54, 1.807) is 12.1 Å². The summed E-state index contributed by atoms with van der Waals surface area (Å²) in [6, 6.07) is 9.44. The molecule has 1 fully saturated rings. The highest BCUT2D eigenvalue weighted by Crippen LogP contribution is 2.35. The fraction of sp³-hybridized carbons (Fsp3) is 0.350. The van der Waals surface area contributed by atoms with Gasteiger partial charge in [-0.2, -0.15) is 13.2 Å². The molecular weight excluding hydrogens is 396 g/mol. The van der Waals surface area contributed by atoms with Crippen molar-refractivity contribution in [1.29, 1.82) is 0 Å². The van der Waals surface area contributed by atoms with Gasteiger partial charge in [-0.3, -0.25) is 9.69 Å². The standard InChI is InChI=1S/C20H19ClF4N2O/c21-15-6-5-14(17(22)11-15)12-27-9-7-13(8-10-27)19(28)26-18-4-2-1-3-16(18)20(23,24)25/h1-6,11,13H,7-10,12H2,(H,26,28). The first-order valence-corrected chi connectivity index (χ1v) is 9.25. The Hall–Kier alpha value is -2.12. The Balaban J connectivity index is 1.57. The molecule has 8 heteroatoms. The van der Waals surface area contributed by atoms with Gasteiger partial charge in [0, 0.05) is 23.0 Å². The number of carbonyl (C=O) groups is 1. The molecule has 0 spiro atoms. The first-order chi connectivity index (χ1) is 13.2. The summed E-state index contributed by atoms with van der Waals surface area (Å²) >= 11 is 5.75. The molecular formula is C20H19ClF4N2O. The van der Waals surface area contributed by atoms with E-state index in [1.807, 2.05) is 4.90 Å². The molecule has 1 aliphatic rings. The van der Waals surface area contributed by atoms with Crippen LogP contribution in [0.4, 0.5) is 23.2 Å². The van der Waals surface area contributed by atoms with Crippen LogP contribution in [-0.2, 0) is 17.5 Å². The van der Waals surface area contributed by atoms with Crippen molar-refractivity contribution in [2.45, 2.75) is 25.6 Å². The van der Waals surface area contributed by atoms with Crippen molar-refractivity contribution < 1.29 is 22.4 Å². The minimum absolute atomic E-state index is 0.231. The fourth-order valence-corrected chi connectivity index (χ4v) is 3.48. The molecule has 3 rings (SSSR count). The number of piperidine rings is 1. The monoisotopic (exact) mass is 414 g/mol. The molecule has 1 N–H and O–H groups in total. The lowest BCUT2D eigenvalue weighted by Gasteiger charge is -2.31. The Labute approximate surface area is 165 Å². The Morgan fingerprint density at radius 1 is 1.14 bits per heavy atom. The summed E-state index contributed by atoms with van der Waals surface area (Å²) < 4.78 is 53.1. The Morgan fingerprint density at radius 3 is 2.46 bits per heavy atom. The van der Waals surface area contributed by atoms with E-state index in [4.69, 9.17) is 11.6 Å². The summed E-state index contributed by atoms with van der Waals surface area (Å²) in [5, 5.41) is 2.74. The van der Waals surface area contributed by atoms with Crippen LogP contribution in [0.1, 0.15) is 24.0 Å². The van der Waals surface area contributed by atoms with Crippen molar-refractivity contribution in [3.8, 4) is 0 Å². The number of nitrogens with zero attached hydrogens (tertiary/aromatic N) is 1. The molecule has 2 aromatic rings. The summed E-state index contributed by atoms with van der Waals surface area (Å²) in [4.78, 5) is 14.4. The minimum Gasteiger partial charge on any atom is -0.325 e. The van der Waals surface area contributed by atoms with Crippen LogP contribution in [0.15, 0.2) is 42.5 Å². The molecule has 1 aliphatic heterocycles. The van der Waals surface area contributed by atoms with E-state index in [-0.39, 0.29) is 17.4 Å². The largest absolute Gasteiger partial charge is 0.418 e. The van der Waals surface area contributed by atoms with E-state index in [0.29, 0.717) is 43.1 Å². The summed E-state index contributed by atoms with van der Waals surface area (Å²) in [7, 11) is 0. The summed E-state index contributed by atoms with van der Waals surface area (Å²) in [6.07, 6.45) is -3.54. The van der Waals surface area contributed by atoms with Crippen molar-refractivity contribution in [2.24, 2.45) is 5.92 Å². The maximum Gasteiger partial charge on any atom is 0.418 e. The van der Waals surface area contributed by atoms with Crippen LogP contribution in [-0.4, -0.2) is 23.9 Å². The molecule has 3 nitrogen and oxygen atoms in total. The van der Waals surface area contributed by atoms with Crippen LogP contribution < -0.4 is 5.32 Å². The fourth-order valence-electron chi connectivity index (χ4n) is 3.32. The number of anilines is 1. The second-order valence-electron chi connectivity index (χ2n) is 6.82. The third-order valence-electron chi connectivity index (χ3n) is 4.86. The van der Waals surface area contributed by atoms with Gasteiger partial charge in [0.25, 0.3) is 0 Å². The lowest BCUT2D eigenvalue weighted by atomic mass is 9.95. The van der Waals surface area contributed by atoms with Gasteiger partial charge in [-0.25, -0.2) is 4.39 Å². The van der Waals surface area contributed by atoms with Crippen molar-refractivity contribution in [3.05, 3.63) is 64.4 Å². The molecule has 0 unspecified atom stereocenters. The average Bonchev–Trinajstić information content (AvgIpc) is 2.64. The van der Waals surface area contributed by atoms with Gasteiger partial charge in [-0.05, 0) is 50.2 Å². The number of halogens is 5. The van der Waals surface area contributed by atoms with E-state index in [9.17, 15) is 22.4 Å². The van der Waals surface area contributed by atoms with Gasteiger partial charge >= 0.3 is 6.18 Å². The Bertz CT molecular complexity index is 848. The molecule has 0 bridgehead atoms. The molecule has 28 heavy (non-hydrogen) atoms. The third-order valence-corrected chi connectivity index (χ3v) is 5.09. The lowest BCUT2D eigenvalue weighted by molar-refractivity contribution is -0.137. The zero-order valence-corrected chi connectivity index (χ0v) is 15.7. The molecule has 150 valence electrons. The number of carbonyl (C=O) groups excluding carboxylic acids is 1. The first kappa shape index (κ1) is 20.6. The van der Waals surface area contributed by atoms with Crippen LogP contribution >= 0.6 is 11.6 Å². The van der Waals surface area contributed by atoms with Crippen molar-refractivity contribution in [3.63, 3.8) is 0 Å². The molecule has 1 saturated heterocycles. The van der Waals surface area contributed by atoms with Gasteiger partial charge in [0.1, 0.15) is 5.82 Å². The van der Waals surface area contributed by atoms with E-state index in [1.165, 1.54) is 24.3 Å². The minimum atomic E-state index is -4.53. The van der Waals surface area contributed by atoms with Gasteiger partial charge < -0.3 is 5.32 Å². The van der Waals surface area contributed by atoms with E-state index < -0.39 is 17.6 Å². The summed E-state index contributed by atoms with van der Waals surface area (Å²) in [6.45, 7) is 1.51. The van der Waals surface area contributed by atoms with Crippen LogP contribution in [0.5, 0.6) is 0 Å². The van der Waals surface area contributed by atoms with Crippen LogP contribution in [0.3, 0.4) is 0 Å². The van der Waals surface area contributed by atoms with Crippen molar-refractivity contribution >= 4 is 23.2 Å². The predicted octanol–water partition coefficient (Wildman–Crippen LogP) is 5.35. The van der Waals surface area contributed by atoms with Crippen molar-refractivity contribution in [2.75, 3.05) is 18.4 Å². The third kappa shape index (κ3) is 5.02. The summed E-state index contributed by atoms with van der Waals surface area (Å²) in [5.41, 5.74) is -0.573. The Morgan fingerprint density at radius 2 is 1.82 bits per heavy atom. The second kappa shape index (κ2) is 8.49. The maximum absolute atomic E-state index is 13.9. The van der Waals surface area contributed by atoms with Crippen LogP contribution in [0.2, 0.25) is 5.02 Å². The highest BCUT2D eigenvalue weighted by molar-refractivity contribution is 6.30. The maximum atomic E-state index is 13.9. The average molecular weight is 415 g/mol. The number of nitrogens with one attached hydrogen (secondary N) is 1. The molecule has 0 saturated carbocycles. The number of alkyl halides is 3.